The normalized spacial score (nSPS) is 17.9. The maximum Gasteiger partial charge on any atom is 0.174 e. The van der Waals surface area contributed by atoms with Crippen LogP contribution >= 0.6 is 22.6 Å². The van der Waals surface area contributed by atoms with Crippen LogP contribution in [-0.2, 0) is 20.9 Å². The fourth-order valence-electron chi connectivity index (χ4n) is 5.97. The Balaban J connectivity index is 1.57. The Morgan fingerprint density at radius 1 is 0.949 bits per heavy atom. The van der Waals surface area contributed by atoms with E-state index in [1.54, 1.807) is 26.4 Å². The highest BCUT2D eigenvalue weighted by Crippen LogP contribution is 2.50. The first-order valence-corrected chi connectivity index (χ1v) is 14.5. The zero-order chi connectivity index (χ0) is 27.5. The van der Waals surface area contributed by atoms with Crippen LogP contribution in [-0.4, -0.2) is 43.8 Å². The van der Waals surface area contributed by atoms with Crippen LogP contribution in [0.5, 0.6) is 11.5 Å². The van der Waals surface area contributed by atoms with Gasteiger partial charge in [0.2, 0.25) is 0 Å². The molecule has 1 aliphatic heterocycles. The summed E-state index contributed by atoms with van der Waals surface area (Å²) in [7, 11) is 3.28. The van der Waals surface area contributed by atoms with E-state index in [1.165, 1.54) is 12.1 Å². The Kier molecular flexibility index (Phi) is 8.71. The molecule has 0 bridgehead atoms. The van der Waals surface area contributed by atoms with Crippen LogP contribution in [0.15, 0.2) is 58.9 Å². The summed E-state index contributed by atoms with van der Waals surface area (Å²) in [5.41, 5.74) is 5.34. The van der Waals surface area contributed by atoms with Crippen molar-refractivity contribution in [1.29, 1.82) is 0 Å². The molecule has 6 nitrogen and oxygen atoms in total. The summed E-state index contributed by atoms with van der Waals surface area (Å²) in [5.74, 6) is 0.649. The average molecular weight is 646 g/mol. The highest BCUT2D eigenvalue weighted by atomic mass is 127. The van der Waals surface area contributed by atoms with Crippen molar-refractivity contribution in [3.05, 3.63) is 79.5 Å². The first kappa shape index (κ1) is 27.8. The number of allylic oxidation sites excluding steroid dienone is 4. The number of nitrogens with zero attached hydrogens (tertiary/aromatic N) is 1. The van der Waals surface area contributed by atoms with Crippen LogP contribution < -0.4 is 9.47 Å². The largest absolute Gasteiger partial charge is 0.493 e. The molecule has 2 aromatic rings. The summed E-state index contributed by atoms with van der Waals surface area (Å²) < 4.78 is 31.3. The molecule has 0 N–H and O–H groups in total. The van der Waals surface area contributed by atoms with Crippen molar-refractivity contribution in [2.24, 2.45) is 0 Å². The van der Waals surface area contributed by atoms with E-state index in [2.05, 4.69) is 27.5 Å². The van der Waals surface area contributed by atoms with E-state index in [-0.39, 0.29) is 24.0 Å². The maximum atomic E-state index is 13.5. The second kappa shape index (κ2) is 12.2. The highest BCUT2D eigenvalue weighted by Gasteiger charge is 2.43. The lowest BCUT2D eigenvalue weighted by Gasteiger charge is -2.44. The van der Waals surface area contributed by atoms with Crippen molar-refractivity contribution >= 4 is 34.2 Å². The topological polar surface area (TPSA) is 65.1 Å². The minimum atomic E-state index is -0.414. The Morgan fingerprint density at radius 2 is 1.59 bits per heavy atom. The van der Waals surface area contributed by atoms with Gasteiger partial charge < -0.3 is 19.1 Å². The van der Waals surface area contributed by atoms with E-state index in [4.69, 9.17) is 14.2 Å². The first-order valence-electron chi connectivity index (χ1n) is 13.5. The molecule has 2 aromatic carbocycles. The van der Waals surface area contributed by atoms with Gasteiger partial charge in [-0.25, -0.2) is 4.39 Å². The van der Waals surface area contributed by atoms with Gasteiger partial charge in [0.15, 0.2) is 23.1 Å². The van der Waals surface area contributed by atoms with Crippen molar-refractivity contribution in [3.8, 4) is 11.5 Å². The molecule has 8 heteroatoms. The molecule has 3 aliphatic rings. The van der Waals surface area contributed by atoms with Gasteiger partial charge in [0.05, 0.1) is 10.7 Å². The molecule has 0 aromatic heterocycles. The minimum Gasteiger partial charge on any atom is -0.493 e. The second-order valence-electron chi connectivity index (χ2n) is 10.2. The van der Waals surface area contributed by atoms with Gasteiger partial charge in [-0.05, 0) is 90.1 Å². The number of rotatable bonds is 9. The SMILES string of the molecule is COCCCN1C2=C(C(=O)CCC2)C(c2cc(I)c(OCc3ccc(F)cc3)c(OC)c2)C2=C1CCCC2=O. The molecule has 0 atom stereocenters. The molecule has 0 radical (unpaired) electrons. The number of halogens is 2. The number of Topliss-reactive ketones (excluding diaryl/α,β-unsaturated/α-hetero) is 2. The predicted molar refractivity (Wildman–Crippen MR) is 154 cm³/mol. The number of ketones is 2. The summed E-state index contributed by atoms with van der Waals surface area (Å²) in [4.78, 5) is 29.3. The van der Waals surface area contributed by atoms with E-state index in [1.807, 2.05) is 12.1 Å². The second-order valence-corrected chi connectivity index (χ2v) is 11.3. The molecule has 5 rings (SSSR count). The van der Waals surface area contributed by atoms with Gasteiger partial charge in [-0.2, -0.15) is 0 Å². The number of carbonyl (C=O) groups is 2. The smallest absolute Gasteiger partial charge is 0.174 e. The van der Waals surface area contributed by atoms with Gasteiger partial charge in [0.1, 0.15) is 12.4 Å². The summed E-state index contributed by atoms with van der Waals surface area (Å²) >= 11 is 2.22. The lowest BCUT2D eigenvalue weighted by atomic mass is 9.71. The van der Waals surface area contributed by atoms with E-state index < -0.39 is 5.92 Å². The summed E-state index contributed by atoms with van der Waals surface area (Å²) in [6, 6.07) is 10.1. The number of methoxy groups -OCH3 is 2. The van der Waals surface area contributed by atoms with Gasteiger partial charge >= 0.3 is 0 Å². The number of benzene rings is 2. The monoisotopic (exact) mass is 645 g/mol. The molecule has 0 saturated carbocycles. The van der Waals surface area contributed by atoms with Gasteiger partial charge in [-0.3, -0.25) is 9.59 Å². The third-order valence-electron chi connectivity index (χ3n) is 7.70. The van der Waals surface area contributed by atoms with Crippen LogP contribution in [0.25, 0.3) is 0 Å². The lowest BCUT2D eigenvalue weighted by molar-refractivity contribution is -0.117. The summed E-state index contributed by atoms with van der Waals surface area (Å²) in [5, 5.41) is 0. The van der Waals surface area contributed by atoms with Crippen LogP contribution in [0.1, 0.15) is 62.0 Å². The Labute approximate surface area is 242 Å². The van der Waals surface area contributed by atoms with Crippen LogP contribution in [0, 0.1) is 9.39 Å². The standard InChI is InChI=1S/C31H33FINO5/c1-37-15-5-14-34-23-6-3-8-25(35)29(23)28(30-24(34)7-4-9-26(30)36)20-16-22(33)31(27(17-20)38-2)39-18-19-10-12-21(32)13-11-19/h10-13,16-17,28H,3-9,14-15,18H2,1-2H3. The molecule has 1 heterocycles. The highest BCUT2D eigenvalue weighted by molar-refractivity contribution is 14.1. The molecule has 0 saturated heterocycles. The number of carbonyl (C=O) groups excluding carboxylic acids is 2. The van der Waals surface area contributed by atoms with Crippen molar-refractivity contribution in [2.45, 2.75) is 57.5 Å². The molecule has 0 amide bonds. The number of hydrogen-bond acceptors (Lipinski definition) is 6. The Hall–Kier alpha value is -2.72. The number of ether oxygens (including phenoxy) is 3. The van der Waals surface area contributed by atoms with Crippen LogP contribution in [0.2, 0.25) is 0 Å². The van der Waals surface area contributed by atoms with Gasteiger partial charge in [0, 0.05) is 61.6 Å². The molecule has 206 valence electrons. The minimum absolute atomic E-state index is 0.119. The van der Waals surface area contributed by atoms with Gasteiger partial charge in [0.25, 0.3) is 0 Å². The van der Waals surface area contributed by atoms with E-state index in [0.717, 1.165) is 75.9 Å². The quantitative estimate of drug-likeness (QED) is 0.230. The zero-order valence-electron chi connectivity index (χ0n) is 22.4. The van der Waals surface area contributed by atoms with Crippen LogP contribution in [0.3, 0.4) is 0 Å². The van der Waals surface area contributed by atoms with Crippen molar-refractivity contribution in [1.82, 2.24) is 4.90 Å². The molecule has 0 spiro atoms. The Bertz CT molecular complexity index is 1290. The van der Waals surface area contributed by atoms with Crippen molar-refractivity contribution < 1.29 is 28.2 Å². The van der Waals surface area contributed by atoms with Gasteiger partial charge in [-0.15, -0.1) is 0 Å². The number of hydrogen-bond donors (Lipinski definition) is 0. The molecular weight excluding hydrogens is 612 g/mol. The maximum absolute atomic E-state index is 13.5. The third-order valence-corrected chi connectivity index (χ3v) is 8.50. The molecule has 0 unspecified atom stereocenters. The fraction of sp³-hybridized carbons (Fsp3) is 0.419. The Morgan fingerprint density at radius 3 is 2.18 bits per heavy atom. The first-order chi connectivity index (χ1) is 18.9. The van der Waals surface area contributed by atoms with Crippen molar-refractivity contribution in [3.63, 3.8) is 0 Å². The molecular formula is C31H33FINO5. The lowest BCUT2D eigenvalue weighted by Crippen LogP contribution is -2.39. The van der Waals surface area contributed by atoms with E-state index >= 15 is 0 Å². The summed E-state index contributed by atoms with van der Waals surface area (Å²) in [6.07, 6.45) is 5.09. The third kappa shape index (κ3) is 5.63. The fourth-order valence-corrected chi connectivity index (χ4v) is 6.75. The van der Waals surface area contributed by atoms with Crippen LogP contribution in [0.4, 0.5) is 4.39 Å². The van der Waals surface area contributed by atoms with E-state index in [9.17, 15) is 14.0 Å². The molecule has 2 aliphatic carbocycles. The predicted octanol–water partition coefficient (Wildman–Crippen LogP) is 6.47. The molecule has 0 fully saturated rings. The molecule has 39 heavy (non-hydrogen) atoms. The van der Waals surface area contributed by atoms with Gasteiger partial charge in [-0.1, -0.05) is 12.1 Å². The zero-order valence-corrected chi connectivity index (χ0v) is 24.5. The summed E-state index contributed by atoms with van der Waals surface area (Å²) in [6.45, 7) is 1.62. The average Bonchev–Trinajstić information content (AvgIpc) is 2.93. The van der Waals surface area contributed by atoms with E-state index in [0.29, 0.717) is 30.9 Å². The van der Waals surface area contributed by atoms with Crippen molar-refractivity contribution in [2.75, 3.05) is 27.4 Å².